The largest absolute Gasteiger partial charge is 0.479 e. The Morgan fingerprint density at radius 2 is 1.74 bits per heavy atom. The van der Waals surface area contributed by atoms with E-state index in [-0.39, 0.29) is 7.43 Å². The van der Waals surface area contributed by atoms with Gasteiger partial charge in [0.25, 0.3) is 0 Å². The summed E-state index contributed by atoms with van der Waals surface area (Å²) in [7, 11) is 0. The number of rotatable bonds is 4. The number of carbonyl (C=O) groups is 2. The summed E-state index contributed by atoms with van der Waals surface area (Å²) in [4.78, 5) is 24.5. The number of nitrogens with two attached hydrogens (primary N) is 1. The first-order valence-corrected chi connectivity index (χ1v) is 7.90. The molecule has 27 heavy (non-hydrogen) atoms. The Kier molecular flexibility index (Phi) is 8.81. The Morgan fingerprint density at radius 1 is 1.19 bits per heavy atom. The highest BCUT2D eigenvalue weighted by Gasteiger charge is 2.26. The van der Waals surface area contributed by atoms with Gasteiger partial charge in [0.05, 0.1) is 16.9 Å². The average Bonchev–Trinajstić information content (AvgIpc) is 2.51. The highest BCUT2D eigenvalue weighted by Crippen LogP contribution is 2.28. The standard InChI is InChI=1S/C12H13ClN2O.C5H8O5.CH4/c1-12(2,16)11-9(14)6-7-5-8(13)3-4-10(7)15-11;1-2(6)3(7)4(8)5(9)10;/h3-6,16H,14H2,1-2H3;3-4,7-8H,1H3,(H,9,10);1H4. The minimum Gasteiger partial charge on any atom is -0.479 e. The van der Waals surface area contributed by atoms with Gasteiger partial charge in [-0.2, -0.15) is 0 Å². The normalized spacial score (nSPS) is 13.0. The third kappa shape index (κ3) is 6.76. The van der Waals surface area contributed by atoms with Crippen molar-refractivity contribution in [3.8, 4) is 0 Å². The van der Waals surface area contributed by atoms with Gasteiger partial charge < -0.3 is 26.2 Å². The van der Waals surface area contributed by atoms with E-state index in [2.05, 4.69) is 4.98 Å². The molecule has 0 aliphatic carbocycles. The summed E-state index contributed by atoms with van der Waals surface area (Å²) in [5, 5.41) is 36.6. The smallest absolute Gasteiger partial charge is 0.335 e. The van der Waals surface area contributed by atoms with Crippen LogP contribution in [0.3, 0.4) is 0 Å². The minimum absolute atomic E-state index is 0. The molecule has 6 N–H and O–H groups in total. The molecule has 0 radical (unpaired) electrons. The van der Waals surface area contributed by atoms with E-state index >= 15 is 0 Å². The maximum absolute atomic E-state index is 10.2. The number of halogens is 1. The van der Waals surface area contributed by atoms with Crippen molar-refractivity contribution in [2.45, 2.75) is 46.0 Å². The SMILES string of the molecule is C.CC(=O)C(O)C(O)C(=O)O.CC(C)(O)c1nc2ccc(Cl)cc2cc1N. The number of fused-ring (bicyclic) bond motifs is 1. The summed E-state index contributed by atoms with van der Waals surface area (Å²) >= 11 is 5.88. The van der Waals surface area contributed by atoms with Crippen LogP contribution in [0.1, 0.15) is 33.9 Å². The minimum atomic E-state index is -2.02. The van der Waals surface area contributed by atoms with E-state index in [9.17, 15) is 14.7 Å². The number of ketones is 1. The zero-order valence-electron chi connectivity index (χ0n) is 14.5. The highest BCUT2D eigenvalue weighted by molar-refractivity contribution is 6.31. The Balaban J connectivity index is 0.000000539. The summed E-state index contributed by atoms with van der Waals surface area (Å²) in [5.74, 6) is -2.38. The van der Waals surface area contributed by atoms with Crippen molar-refractivity contribution in [3.05, 3.63) is 35.0 Å². The number of benzene rings is 1. The molecule has 0 spiro atoms. The first-order chi connectivity index (χ1) is 11.8. The van der Waals surface area contributed by atoms with Crippen LogP contribution >= 0.6 is 11.6 Å². The second-order valence-electron chi connectivity index (χ2n) is 6.16. The van der Waals surface area contributed by atoms with E-state index < -0.39 is 29.6 Å². The Morgan fingerprint density at radius 3 is 2.15 bits per heavy atom. The molecule has 2 atom stereocenters. The molecule has 0 aliphatic heterocycles. The topological polar surface area (TPSA) is 154 Å². The lowest BCUT2D eigenvalue weighted by Crippen LogP contribution is -2.38. The molecule has 1 heterocycles. The van der Waals surface area contributed by atoms with Crippen LogP contribution in [0, 0.1) is 0 Å². The van der Waals surface area contributed by atoms with Crippen molar-refractivity contribution >= 4 is 39.9 Å². The maximum Gasteiger partial charge on any atom is 0.335 e. The van der Waals surface area contributed by atoms with Gasteiger partial charge in [-0.25, -0.2) is 9.78 Å². The van der Waals surface area contributed by atoms with Crippen LogP contribution in [-0.2, 0) is 15.2 Å². The molecule has 2 aromatic rings. The quantitative estimate of drug-likeness (QED) is 0.519. The van der Waals surface area contributed by atoms with Crippen molar-refractivity contribution in [2.24, 2.45) is 0 Å². The van der Waals surface area contributed by atoms with Crippen molar-refractivity contribution in [1.82, 2.24) is 4.98 Å². The van der Waals surface area contributed by atoms with Crippen molar-refractivity contribution in [2.75, 3.05) is 5.73 Å². The summed E-state index contributed by atoms with van der Waals surface area (Å²) in [6.45, 7) is 4.32. The number of pyridine rings is 1. The molecule has 0 bridgehead atoms. The lowest BCUT2D eigenvalue weighted by atomic mass is 10.0. The Hall–Kier alpha value is -2.26. The Labute approximate surface area is 162 Å². The summed E-state index contributed by atoms with van der Waals surface area (Å²) in [5.41, 5.74) is 6.55. The fraction of sp³-hybridized carbons (Fsp3) is 0.389. The van der Waals surface area contributed by atoms with Crippen molar-refractivity contribution < 1.29 is 30.0 Å². The maximum atomic E-state index is 10.2. The first kappa shape index (κ1) is 24.7. The number of aliphatic hydroxyl groups is 3. The van der Waals surface area contributed by atoms with E-state index in [1.165, 1.54) is 0 Å². The van der Waals surface area contributed by atoms with E-state index in [0.29, 0.717) is 16.4 Å². The number of nitrogen functional groups attached to an aromatic ring is 1. The summed E-state index contributed by atoms with van der Waals surface area (Å²) < 4.78 is 0. The number of hydrogen-bond acceptors (Lipinski definition) is 7. The molecule has 0 fully saturated rings. The summed E-state index contributed by atoms with van der Waals surface area (Å²) in [6.07, 6.45) is -3.84. The van der Waals surface area contributed by atoms with Crippen LogP contribution < -0.4 is 5.73 Å². The third-order valence-electron chi connectivity index (χ3n) is 3.35. The average molecular weight is 401 g/mol. The molecule has 0 amide bonds. The number of carbonyl (C=O) groups excluding carboxylic acids is 1. The van der Waals surface area contributed by atoms with Gasteiger partial charge in [0.15, 0.2) is 11.9 Å². The van der Waals surface area contributed by atoms with Gasteiger partial charge in [0, 0.05) is 10.4 Å². The van der Waals surface area contributed by atoms with Crippen molar-refractivity contribution in [1.29, 1.82) is 0 Å². The van der Waals surface area contributed by atoms with Gasteiger partial charge in [0.2, 0.25) is 0 Å². The van der Waals surface area contributed by atoms with Crippen LogP contribution in [-0.4, -0.2) is 49.4 Å². The molecule has 2 rings (SSSR count). The second kappa shape index (κ2) is 9.61. The molecule has 0 aliphatic rings. The second-order valence-corrected chi connectivity index (χ2v) is 6.60. The van der Waals surface area contributed by atoms with Gasteiger partial charge >= 0.3 is 5.97 Å². The van der Waals surface area contributed by atoms with E-state index in [0.717, 1.165) is 17.8 Å². The predicted molar refractivity (Wildman–Crippen MR) is 103 cm³/mol. The lowest BCUT2D eigenvalue weighted by molar-refractivity contribution is -0.156. The first-order valence-electron chi connectivity index (χ1n) is 7.52. The van der Waals surface area contributed by atoms with E-state index in [4.69, 9.17) is 32.7 Å². The molecule has 0 saturated carbocycles. The molecule has 8 nitrogen and oxygen atoms in total. The number of nitrogens with zero attached hydrogens (tertiary/aromatic N) is 1. The number of carboxylic acids is 1. The number of aliphatic hydroxyl groups excluding tert-OH is 2. The third-order valence-corrected chi connectivity index (χ3v) is 3.59. The zero-order chi connectivity index (χ0) is 20.2. The molecular weight excluding hydrogens is 376 g/mol. The van der Waals surface area contributed by atoms with Crippen LogP contribution in [0.5, 0.6) is 0 Å². The van der Waals surface area contributed by atoms with E-state index in [1.54, 1.807) is 32.0 Å². The van der Waals surface area contributed by atoms with Gasteiger partial charge in [-0.15, -0.1) is 0 Å². The number of carboxylic acid groups (broad SMARTS) is 1. The van der Waals surface area contributed by atoms with Crippen LogP contribution in [0.2, 0.25) is 5.02 Å². The lowest BCUT2D eigenvalue weighted by Gasteiger charge is -2.19. The molecule has 9 heteroatoms. The number of Topliss-reactive ketones (excluding diaryl/α,β-unsaturated/α-hetero) is 1. The van der Waals surface area contributed by atoms with E-state index in [1.807, 2.05) is 6.07 Å². The monoisotopic (exact) mass is 400 g/mol. The van der Waals surface area contributed by atoms with Gasteiger partial charge in [-0.3, -0.25) is 4.79 Å². The number of aromatic nitrogens is 1. The van der Waals surface area contributed by atoms with Crippen LogP contribution in [0.25, 0.3) is 10.9 Å². The number of hydrogen-bond donors (Lipinski definition) is 5. The number of anilines is 1. The molecular formula is C18H25ClN2O6. The fourth-order valence-electron chi connectivity index (χ4n) is 2.01. The van der Waals surface area contributed by atoms with Gasteiger partial charge in [0.1, 0.15) is 11.7 Å². The molecule has 150 valence electrons. The van der Waals surface area contributed by atoms with Gasteiger partial charge in [-0.05, 0) is 45.0 Å². The molecule has 2 unspecified atom stereocenters. The van der Waals surface area contributed by atoms with Crippen molar-refractivity contribution in [3.63, 3.8) is 0 Å². The van der Waals surface area contributed by atoms with Crippen LogP contribution in [0.4, 0.5) is 5.69 Å². The predicted octanol–water partition coefficient (Wildman–Crippen LogP) is 1.72. The highest BCUT2D eigenvalue weighted by atomic mass is 35.5. The summed E-state index contributed by atoms with van der Waals surface area (Å²) in [6, 6.07) is 7.16. The van der Waals surface area contributed by atoms with Crippen LogP contribution in [0.15, 0.2) is 24.3 Å². The number of aliphatic carboxylic acids is 1. The zero-order valence-corrected chi connectivity index (χ0v) is 15.2. The molecule has 0 saturated heterocycles. The Bertz CT molecular complexity index is 801. The van der Waals surface area contributed by atoms with Gasteiger partial charge in [-0.1, -0.05) is 19.0 Å². The molecule has 1 aromatic heterocycles. The fourth-order valence-corrected chi connectivity index (χ4v) is 2.19. The molecule has 1 aromatic carbocycles.